The molecule has 4 atom stereocenters. The van der Waals surface area contributed by atoms with Gasteiger partial charge in [0, 0.05) is 12.1 Å². The molecule has 200 valence electrons. The fourth-order valence-electron chi connectivity index (χ4n) is 6.24. The molecule has 1 heterocycles. The van der Waals surface area contributed by atoms with E-state index in [-0.39, 0.29) is 28.7 Å². The molecule has 8 heteroatoms. The standard InChI is InChI=1S/C31H31FN4O2S/c32-25-16-18-26(19-17-25)36-31-24(20-23-10-6-9-22-8-4-5-14-28(22)23)11-7-15-29(31)30(34-36)21-33-35-39(37,38)27-12-2-1-3-13-27/h1-6,8-10,12-14,16-19,21,24,29-31,34-35H,7,11,15,20H2/b33-21+. The number of nitrogens with zero attached hydrogens (tertiary/aromatic N) is 2. The van der Waals surface area contributed by atoms with E-state index >= 15 is 0 Å². The van der Waals surface area contributed by atoms with Gasteiger partial charge < -0.3 is 5.01 Å². The van der Waals surface area contributed by atoms with Gasteiger partial charge in [0.1, 0.15) is 5.82 Å². The number of benzene rings is 4. The van der Waals surface area contributed by atoms with Crippen LogP contribution in [0.25, 0.3) is 10.8 Å². The van der Waals surface area contributed by atoms with E-state index in [1.807, 2.05) is 0 Å². The summed E-state index contributed by atoms with van der Waals surface area (Å²) in [6.45, 7) is 0. The maximum Gasteiger partial charge on any atom is 0.276 e. The topological polar surface area (TPSA) is 73.8 Å². The smallest absolute Gasteiger partial charge is 0.276 e. The predicted molar refractivity (Wildman–Crippen MR) is 153 cm³/mol. The second-order valence-corrected chi connectivity index (χ2v) is 12.0. The summed E-state index contributed by atoms with van der Waals surface area (Å²) in [6.07, 6.45) is 5.74. The fraction of sp³-hybridized carbons (Fsp3) is 0.258. The fourth-order valence-corrected chi connectivity index (χ4v) is 7.06. The van der Waals surface area contributed by atoms with Gasteiger partial charge in [-0.2, -0.15) is 13.5 Å². The Morgan fingerprint density at radius 3 is 2.49 bits per heavy atom. The number of hydrogen-bond donors (Lipinski definition) is 2. The van der Waals surface area contributed by atoms with Gasteiger partial charge in [0.25, 0.3) is 10.0 Å². The molecule has 2 aliphatic rings. The molecule has 4 aromatic carbocycles. The highest BCUT2D eigenvalue weighted by atomic mass is 32.2. The van der Waals surface area contributed by atoms with Crippen molar-refractivity contribution in [3.63, 3.8) is 0 Å². The van der Waals surface area contributed by atoms with Crippen molar-refractivity contribution in [3.8, 4) is 0 Å². The van der Waals surface area contributed by atoms with Gasteiger partial charge >= 0.3 is 0 Å². The van der Waals surface area contributed by atoms with Crippen LogP contribution in [0.3, 0.4) is 0 Å². The first-order chi connectivity index (χ1) is 19.0. The molecule has 0 bridgehead atoms. The molecule has 0 spiro atoms. The summed E-state index contributed by atoms with van der Waals surface area (Å²) in [5, 5.41) is 8.83. The van der Waals surface area contributed by atoms with Gasteiger partial charge in [-0.1, -0.05) is 67.1 Å². The molecule has 2 fully saturated rings. The summed E-state index contributed by atoms with van der Waals surface area (Å²) in [5.41, 5.74) is 5.79. The van der Waals surface area contributed by atoms with Gasteiger partial charge in [0.2, 0.25) is 0 Å². The molecule has 2 N–H and O–H groups in total. The molecule has 4 unspecified atom stereocenters. The minimum atomic E-state index is -3.75. The number of rotatable bonds is 7. The van der Waals surface area contributed by atoms with Crippen molar-refractivity contribution in [2.24, 2.45) is 16.9 Å². The van der Waals surface area contributed by atoms with Crippen LogP contribution in [0.5, 0.6) is 0 Å². The van der Waals surface area contributed by atoms with Crippen LogP contribution in [0.2, 0.25) is 0 Å². The summed E-state index contributed by atoms with van der Waals surface area (Å²) in [5.74, 6) is 0.291. The number of halogens is 1. The van der Waals surface area contributed by atoms with E-state index < -0.39 is 10.0 Å². The molecule has 1 aliphatic carbocycles. The van der Waals surface area contributed by atoms with Crippen molar-refractivity contribution in [3.05, 3.63) is 108 Å². The van der Waals surface area contributed by atoms with Crippen molar-refractivity contribution < 1.29 is 12.8 Å². The molecule has 39 heavy (non-hydrogen) atoms. The van der Waals surface area contributed by atoms with Crippen LogP contribution in [0.1, 0.15) is 24.8 Å². The largest absolute Gasteiger partial charge is 0.304 e. The first kappa shape index (κ1) is 25.5. The Bertz CT molecular complexity index is 1570. The maximum absolute atomic E-state index is 13.8. The zero-order valence-corrected chi connectivity index (χ0v) is 22.3. The molecule has 0 radical (unpaired) electrons. The predicted octanol–water partition coefficient (Wildman–Crippen LogP) is 5.66. The average Bonchev–Trinajstić information content (AvgIpc) is 3.33. The number of anilines is 1. The van der Waals surface area contributed by atoms with Gasteiger partial charge in [0.05, 0.1) is 22.7 Å². The van der Waals surface area contributed by atoms with Crippen LogP contribution in [0.4, 0.5) is 10.1 Å². The summed E-state index contributed by atoms with van der Waals surface area (Å²) in [4.78, 5) is 2.53. The molecule has 6 rings (SSSR count). The molecule has 1 saturated heterocycles. The Balaban J connectivity index is 1.29. The van der Waals surface area contributed by atoms with E-state index in [1.165, 1.54) is 40.6 Å². The second kappa shape index (κ2) is 10.8. The van der Waals surface area contributed by atoms with Crippen molar-refractivity contribution in [1.29, 1.82) is 0 Å². The minimum Gasteiger partial charge on any atom is -0.304 e. The third kappa shape index (κ3) is 5.27. The lowest BCUT2D eigenvalue weighted by Crippen LogP contribution is -2.45. The summed E-state index contributed by atoms with van der Waals surface area (Å²) in [6, 6.07) is 29.7. The van der Waals surface area contributed by atoms with E-state index in [2.05, 4.69) is 62.8 Å². The summed E-state index contributed by atoms with van der Waals surface area (Å²) >= 11 is 0. The lowest BCUT2D eigenvalue weighted by atomic mass is 9.72. The van der Waals surface area contributed by atoms with Crippen LogP contribution < -0.4 is 15.3 Å². The Kier molecular flexibility index (Phi) is 7.06. The van der Waals surface area contributed by atoms with Crippen LogP contribution >= 0.6 is 0 Å². The molecule has 0 amide bonds. The number of hydrogen-bond acceptors (Lipinski definition) is 5. The van der Waals surface area contributed by atoms with E-state index in [0.29, 0.717) is 5.92 Å². The average molecular weight is 543 g/mol. The molecule has 6 nitrogen and oxygen atoms in total. The van der Waals surface area contributed by atoms with E-state index in [0.717, 1.165) is 31.4 Å². The third-order valence-electron chi connectivity index (χ3n) is 8.01. The van der Waals surface area contributed by atoms with Crippen molar-refractivity contribution in [1.82, 2.24) is 10.3 Å². The first-order valence-electron chi connectivity index (χ1n) is 13.4. The van der Waals surface area contributed by atoms with Gasteiger partial charge in [-0.3, -0.25) is 0 Å². The molecular formula is C31H31FN4O2S. The normalized spacial score (nSPS) is 23.3. The van der Waals surface area contributed by atoms with E-state index in [9.17, 15) is 12.8 Å². The highest BCUT2D eigenvalue weighted by Crippen LogP contribution is 2.42. The van der Waals surface area contributed by atoms with Crippen molar-refractivity contribution in [2.45, 2.75) is 42.7 Å². The number of nitrogens with one attached hydrogen (secondary N) is 2. The Labute approximate surface area is 228 Å². The lowest BCUT2D eigenvalue weighted by Gasteiger charge is -2.39. The van der Waals surface area contributed by atoms with Gasteiger partial charge in [-0.05, 0) is 77.9 Å². The van der Waals surface area contributed by atoms with Gasteiger partial charge in [-0.15, -0.1) is 0 Å². The van der Waals surface area contributed by atoms with Crippen molar-refractivity contribution >= 4 is 32.7 Å². The monoisotopic (exact) mass is 542 g/mol. The van der Waals surface area contributed by atoms with Crippen LogP contribution in [-0.2, 0) is 16.4 Å². The van der Waals surface area contributed by atoms with Gasteiger partial charge in [0.15, 0.2) is 0 Å². The lowest BCUT2D eigenvalue weighted by molar-refractivity contribution is 0.244. The summed E-state index contributed by atoms with van der Waals surface area (Å²) in [7, 11) is -3.75. The number of hydrazine groups is 1. The highest BCUT2D eigenvalue weighted by Gasteiger charge is 2.47. The SMILES string of the molecule is O=S(=O)(N/N=C/C1NN(c2ccc(F)cc2)C2C(Cc3cccc4ccccc34)CCCC12)c1ccccc1. The zero-order valence-electron chi connectivity index (χ0n) is 21.4. The number of sulfonamides is 1. The molecular weight excluding hydrogens is 511 g/mol. The summed E-state index contributed by atoms with van der Waals surface area (Å²) < 4.78 is 39.1. The van der Waals surface area contributed by atoms with Crippen molar-refractivity contribution in [2.75, 3.05) is 5.01 Å². The number of fused-ring (bicyclic) bond motifs is 2. The Morgan fingerprint density at radius 2 is 1.67 bits per heavy atom. The van der Waals surface area contributed by atoms with Crippen LogP contribution in [-0.4, -0.2) is 26.7 Å². The zero-order chi connectivity index (χ0) is 26.8. The maximum atomic E-state index is 13.8. The van der Waals surface area contributed by atoms with Crippen LogP contribution in [0, 0.1) is 17.7 Å². The highest BCUT2D eigenvalue weighted by molar-refractivity contribution is 7.89. The van der Waals surface area contributed by atoms with Crippen LogP contribution in [0.15, 0.2) is 107 Å². The third-order valence-corrected chi connectivity index (χ3v) is 9.25. The molecule has 1 aliphatic heterocycles. The van der Waals surface area contributed by atoms with E-state index in [4.69, 9.17) is 0 Å². The van der Waals surface area contributed by atoms with E-state index in [1.54, 1.807) is 36.5 Å². The Hall–Kier alpha value is -3.75. The first-order valence-corrected chi connectivity index (χ1v) is 14.9. The molecule has 4 aromatic rings. The second-order valence-electron chi connectivity index (χ2n) is 10.4. The Morgan fingerprint density at radius 1 is 0.923 bits per heavy atom. The molecule has 0 aromatic heterocycles. The van der Waals surface area contributed by atoms with Gasteiger partial charge in [-0.25, -0.2) is 14.6 Å². The molecule has 1 saturated carbocycles. The quantitative estimate of drug-likeness (QED) is 0.233. The minimum absolute atomic E-state index is 0.144. The number of hydrazone groups is 1.